The Balaban J connectivity index is 1.44. The van der Waals surface area contributed by atoms with Crippen LogP contribution in [0.1, 0.15) is 44.2 Å². The number of nitrogens with zero attached hydrogens (tertiary/aromatic N) is 5. The van der Waals surface area contributed by atoms with Crippen molar-refractivity contribution in [1.29, 1.82) is 0 Å². The Morgan fingerprint density at radius 1 is 1.11 bits per heavy atom. The molecule has 7 heteroatoms. The van der Waals surface area contributed by atoms with Crippen LogP contribution in [-0.4, -0.2) is 50.1 Å². The zero-order chi connectivity index (χ0) is 19.0. The molecule has 0 bridgehead atoms. The fourth-order valence-corrected chi connectivity index (χ4v) is 4.22. The van der Waals surface area contributed by atoms with Gasteiger partial charge in [-0.1, -0.05) is 25.0 Å². The van der Waals surface area contributed by atoms with Crippen molar-refractivity contribution >= 4 is 11.8 Å². The molecule has 3 atom stereocenters. The molecule has 0 N–H and O–H groups in total. The number of fused-ring (bicyclic) bond motifs is 1. The molecule has 0 unspecified atom stereocenters. The van der Waals surface area contributed by atoms with Crippen LogP contribution in [0.3, 0.4) is 0 Å². The lowest BCUT2D eigenvalue weighted by molar-refractivity contribution is -0.142. The Hall–Kier alpha value is -2.54. The second-order valence-corrected chi connectivity index (χ2v) is 7.61. The van der Waals surface area contributed by atoms with Crippen molar-refractivity contribution in [2.45, 2.75) is 38.6 Å². The van der Waals surface area contributed by atoms with Gasteiger partial charge in [-0.05, 0) is 44.5 Å². The van der Waals surface area contributed by atoms with E-state index in [1.54, 1.807) is 11.0 Å². The SMILES string of the molecule is C[C@@H](c1ccc(-n2cncn2)cc1)N(C)CN1C(=O)[C@H]2CCCC[C@H]2C1=O. The van der Waals surface area contributed by atoms with Gasteiger partial charge in [-0.3, -0.25) is 19.4 Å². The van der Waals surface area contributed by atoms with E-state index < -0.39 is 0 Å². The number of rotatable bonds is 5. The summed E-state index contributed by atoms with van der Waals surface area (Å²) in [6.07, 6.45) is 6.99. The summed E-state index contributed by atoms with van der Waals surface area (Å²) in [5.41, 5.74) is 2.07. The predicted octanol–water partition coefficient (Wildman–Crippen LogP) is 2.39. The molecule has 2 aromatic rings. The van der Waals surface area contributed by atoms with Crippen LogP contribution in [0.25, 0.3) is 5.69 Å². The number of imide groups is 1. The zero-order valence-electron chi connectivity index (χ0n) is 15.8. The van der Waals surface area contributed by atoms with Gasteiger partial charge in [0, 0.05) is 6.04 Å². The van der Waals surface area contributed by atoms with Crippen LogP contribution >= 0.6 is 0 Å². The first-order valence-electron chi connectivity index (χ1n) is 9.56. The number of hydrogen-bond acceptors (Lipinski definition) is 5. The molecule has 4 rings (SSSR count). The van der Waals surface area contributed by atoms with Crippen molar-refractivity contribution in [3.05, 3.63) is 42.5 Å². The largest absolute Gasteiger partial charge is 0.282 e. The van der Waals surface area contributed by atoms with Crippen molar-refractivity contribution in [3.8, 4) is 5.69 Å². The third kappa shape index (κ3) is 3.27. The molecule has 7 nitrogen and oxygen atoms in total. The Kier molecular flexibility index (Phi) is 4.78. The summed E-state index contributed by atoms with van der Waals surface area (Å²) in [4.78, 5) is 32.9. The number of likely N-dealkylation sites (tertiary alicyclic amines) is 1. The average molecular weight is 367 g/mol. The van der Waals surface area contributed by atoms with Crippen molar-refractivity contribution in [3.63, 3.8) is 0 Å². The highest BCUT2D eigenvalue weighted by atomic mass is 16.2. The zero-order valence-corrected chi connectivity index (χ0v) is 15.8. The molecule has 2 amide bonds. The summed E-state index contributed by atoms with van der Waals surface area (Å²) in [5, 5.41) is 4.13. The van der Waals surface area contributed by atoms with Gasteiger partial charge in [0.1, 0.15) is 12.7 Å². The van der Waals surface area contributed by atoms with Crippen molar-refractivity contribution in [2.75, 3.05) is 13.7 Å². The van der Waals surface area contributed by atoms with Gasteiger partial charge in [0.2, 0.25) is 11.8 Å². The van der Waals surface area contributed by atoms with E-state index in [-0.39, 0.29) is 29.7 Å². The third-order valence-corrected chi connectivity index (χ3v) is 6.02. The number of amides is 2. The van der Waals surface area contributed by atoms with Gasteiger partial charge in [-0.2, -0.15) is 5.10 Å². The molecular weight excluding hydrogens is 342 g/mol. The minimum atomic E-state index is -0.0862. The molecule has 1 saturated carbocycles. The van der Waals surface area contributed by atoms with Crippen molar-refractivity contribution in [1.82, 2.24) is 24.6 Å². The fourth-order valence-electron chi connectivity index (χ4n) is 4.22. The van der Waals surface area contributed by atoms with E-state index in [0.717, 1.165) is 36.9 Å². The monoisotopic (exact) mass is 367 g/mol. The van der Waals surface area contributed by atoms with Crippen LogP contribution in [0.15, 0.2) is 36.9 Å². The Morgan fingerprint density at radius 2 is 1.74 bits per heavy atom. The topological polar surface area (TPSA) is 71.3 Å². The molecule has 1 saturated heterocycles. The average Bonchev–Trinajstić information content (AvgIpc) is 3.32. The van der Waals surface area contributed by atoms with E-state index >= 15 is 0 Å². The Morgan fingerprint density at radius 3 is 2.30 bits per heavy atom. The summed E-state index contributed by atoms with van der Waals surface area (Å²) in [7, 11) is 1.96. The molecular formula is C20H25N5O2. The van der Waals surface area contributed by atoms with Crippen LogP contribution in [0.2, 0.25) is 0 Å². The van der Waals surface area contributed by atoms with Gasteiger partial charge < -0.3 is 0 Å². The van der Waals surface area contributed by atoms with E-state index in [2.05, 4.69) is 21.9 Å². The quantitative estimate of drug-likeness (QED) is 0.759. The first kappa shape index (κ1) is 17.9. The molecule has 2 fully saturated rings. The lowest BCUT2D eigenvalue weighted by Gasteiger charge is -2.29. The molecule has 1 aliphatic carbocycles. The normalized spacial score (nSPS) is 23.7. The summed E-state index contributed by atoms with van der Waals surface area (Å²) < 4.78 is 1.71. The van der Waals surface area contributed by atoms with Gasteiger partial charge in [-0.15, -0.1) is 0 Å². The maximum Gasteiger partial charge on any atom is 0.234 e. The van der Waals surface area contributed by atoms with Crippen LogP contribution < -0.4 is 0 Å². The number of carbonyl (C=O) groups is 2. The number of hydrogen-bond donors (Lipinski definition) is 0. The Labute approximate surface area is 159 Å². The van der Waals surface area contributed by atoms with E-state index in [1.807, 2.05) is 31.3 Å². The van der Waals surface area contributed by atoms with Crippen LogP contribution in [0, 0.1) is 11.8 Å². The van der Waals surface area contributed by atoms with Crippen LogP contribution in [0.4, 0.5) is 0 Å². The highest BCUT2D eigenvalue weighted by molar-refractivity contribution is 6.05. The summed E-state index contributed by atoms with van der Waals surface area (Å²) in [6, 6.07) is 8.17. The smallest absolute Gasteiger partial charge is 0.234 e. The first-order chi connectivity index (χ1) is 13.1. The lowest BCUT2D eigenvalue weighted by atomic mass is 9.81. The number of benzene rings is 1. The summed E-state index contributed by atoms with van der Waals surface area (Å²) >= 11 is 0. The summed E-state index contributed by atoms with van der Waals surface area (Å²) in [6.45, 7) is 2.43. The third-order valence-electron chi connectivity index (χ3n) is 6.02. The maximum atomic E-state index is 12.7. The van der Waals surface area contributed by atoms with Crippen molar-refractivity contribution in [2.24, 2.45) is 11.8 Å². The molecule has 142 valence electrons. The Bertz CT molecular complexity index is 793. The van der Waals surface area contributed by atoms with Crippen molar-refractivity contribution < 1.29 is 9.59 Å². The molecule has 2 heterocycles. The summed E-state index contributed by atoms with van der Waals surface area (Å²) in [5.74, 6) is -0.135. The maximum absolute atomic E-state index is 12.7. The standard InChI is InChI=1S/C20H25N5O2/c1-14(15-7-9-16(10-8-15)25-12-21-11-22-25)23(2)13-24-19(26)17-5-3-4-6-18(17)20(24)27/h7-12,14,17-18H,3-6,13H2,1-2H3/t14-,17-,18+/m0/s1. The fraction of sp³-hybridized carbons (Fsp3) is 0.500. The molecule has 1 aliphatic heterocycles. The van der Waals surface area contributed by atoms with Crippen LogP contribution in [-0.2, 0) is 9.59 Å². The first-order valence-corrected chi connectivity index (χ1v) is 9.56. The second kappa shape index (κ2) is 7.23. The van der Waals surface area contributed by atoms with E-state index in [4.69, 9.17) is 0 Å². The minimum absolute atomic E-state index is 0.0188. The van der Waals surface area contributed by atoms with Gasteiger partial charge in [-0.25, -0.2) is 9.67 Å². The van der Waals surface area contributed by atoms with Gasteiger partial charge in [0.25, 0.3) is 0 Å². The molecule has 0 spiro atoms. The van der Waals surface area contributed by atoms with Gasteiger partial charge in [0.05, 0.1) is 24.2 Å². The van der Waals surface area contributed by atoms with E-state index in [1.165, 1.54) is 11.2 Å². The van der Waals surface area contributed by atoms with E-state index in [9.17, 15) is 9.59 Å². The minimum Gasteiger partial charge on any atom is -0.282 e. The van der Waals surface area contributed by atoms with E-state index in [0.29, 0.717) is 6.67 Å². The molecule has 2 aliphatic rings. The molecule has 0 radical (unpaired) electrons. The number of carbonyl (C=O) groups excluding carboxylic acids is 2. The molecule has 27 heavy (non-hydrogen) atoms. The predicted molar refractivity (Wildman–Crippen MR) is 99.7 cm³/mol. The van der Waals surface area contributed by atoms with Crippen LogP contribution in [0.5, 0.6) is 0 Å². The number of aromatic nitrogens is 3. The second-order valence-electron chi connectivity index (χ2n) is 7.61. The lowest BCUT2D eigenvalue weighted by Crippen LogP contribution is -2.41. The highest BCUT2D eigenvalue weighted by Crippen LogP contribution is 2.38. The molecule has 1 aromatic heterocycles. The van der Waals surface area contributed by atoms with Gasteiger partial charge >= 0.3 is 0 Å². The van der Waals surface area contributed by atoms with Gasteiger partial charge in [0.15, 0.2) is 0 Å². The molecule has 1 aromatic carbocycles. The highest BCUT2D eigenvalue weighted by Gasteiger charge is 2.48.